The number of hydrogen-bond acceptors (Lipinski definition) is 3. The predicted octanol–water partition coefficient (Wildman–Crippen LogP) is 4.66. The first-order valence-corrected chi connectivity index (χ1v) is 9.84. The molecule has 0 bridgehead atoms. The van der Waals surface area contributed by atoms with Gasteiger partial charge in [0.05, 0.1) is 0 Å². The van der Waals surface area contributed by atoms with Gasteiger partial charge >= 0.3 is 6.03 Å². The summed E-state index contributed by atoms with van der Waals surface area (Å²) in [5.74, 6) is 0.391. The highest BCUT2D eigenvalue weighted by molar-refractivity contribution is 9.10. The lowest BCUT2D eigenvalue weighted by Gasteiger charge is -2.22. The van der Waals surface area contributed by atoms with E-state index in [0.717, 1.165) is 14.9 Å². The van der Waals surface area contributed by atoms with E-state index in [2.05, 4.69) is 21.2 Å². The fourth-order valence-electron chi connectivity index (χ4n) is 2.68. The number of halogens is 2. The van der Waals surface area contributed by atoms with Crippen LogP contribution in [0.15, 0.2) is 57.9 Å². The quantitative estimate of drug-likeness (QED) is 0.544. The Labute approximate surface area is 164 Å². The van der Waals surface area contributed by atoms with Gasteiger partial charge in [0.2, 0.25) is 0 Å². The average Bonchev–Trinajstić information content (AvgIpc) is 2.81. The normalized spacial score (nSPS) is 20.0. The Kier molecular flexibility index (Phi) is 5.41. The van der Waals surface area contributed by atoms with E-state index in [1.54, 1.807) is 18.7 Å². The van der Waals surface area contributed by atoms with Gasteiger partial charge in [-0.05, 0) is 48.9 Å². The number of carbonyl (C=O) groups excluding carboxylic acids is 2. The van der Waals surface area contributed by atoms with E-state index in [9.17, 15) is 9.59 Å². The summed E-state index contributed by atoms with van der Waals surface area (Å²) < 4.78 is 0.866. The third-order valence-electron chi connectivity index (χ3n) is 4.07. The van der Waals surface area contributed by atoms with E-state index < -0.39 is 5.54 Å². The minimum Gasteiger partial charge on any atom is -0.319 e. The Morgan fingerprint density at radius 2 is 1.92 bits per heavy atom. The first kappa shape index (κ1) is 18.3. The third-order valence-corrected chi connectivity index (χ3v) is 5.81. The number of thioether (sulfide) groups is 1. The monoisotopic (exact) mass is 438 g/mol. The Balaban J connectivity index is 1.68. The Morgan fingerprint density at radius 3 is 2.60 bits per heavy atom. The molecule has 0 saturated carbocycles. The van der Waals surface area contributed by atoms with E-state index >= 15 is 0 Å². The number of benzene rings is 2. The SMILES string of the molecule is C[C@@]1(c2cccc(Br)c2)NC(=O)N(CCSc2ccc(Cl)cc2)C1=O. The van der Waals surface area contributed by atoms with Crippen molar-refractivity contribution >= 4 is 51.2 Å². The van der Waals surface area contributed by atoms with Gasteiger partial charge in [0.1, 0.15) is 5.54 Å². The molecule has 0 spiro atoms. The number of amides is 3. The summed E-state index contributed by atoms with van der Waals surface area (Å²) in [7, 11) is 0. The van der Waals surface area contributed by atoms with E-state index in [1.807, 2.05) is 48.5 Å². The summed E-state index contributed by atoms with van der Waals surface area (Å²) in [5.41, 5.74) is -0.278. The van der Waals surface area contributed by atoms with Gasteiger partial charge in [0, 0.05) is 26.7 Å². The molecule has 1 atom stereocenters. The smallest absolute Gasteiger partial charge is 0.319 e. The maximum absolute atomic E-state index is 12.8. The fraction of sp³-hybridized carbons (Fsp3) is 0.222. The molecule has 3 rings (SSSR count). The van der Waals surface area contributed by atoms with Gasteiger partial charge < -0.3 is 5.32 Å². The van der Waals surface area contributed by atoms with E-state index in [0.29, 0.717) is 17.3 Å². The third kappa shape index (κ3) is 3.86. The van der Waals surface area contributed by atoms with Gasteiger partial charge in [0.25, 0.3) is 5.91 Å². The van der Waals surface area contributed by atoms with Crippen molar-refractivity contribution in [1.29, 1.82) is 0 Å². The minimum absolute atomic E-state index is 0.229. The molecule has 1 aliphatic rings. The zero-order chi connectivity index (χ0) is 18.0. The maximum atomic E-state index is 12.8. The molecule has 4 nitrogen and oxygen atoms in total. The van der Waals surface area contributed by atoms with Crippen molar-refractivity contribution in [3.63, 3.8) is 0 Å². The van der Waals surface area contributed by atoms with Gasteiger partial charge in [-0.1, -0.05) is 39.7 Å². The molecule has 0 radical (unpaired) electrons. The van der Waals surface area contributed by atoms with Crippen molar-refractivity contribution in [1.82, 2.24) is 10.2 Å². The number of urea groups is 1. The molecule has 1 aliphatic heterocycles. The number of carbonyl (C=O) groups is 2. The van der Waals surface area contributed by atoms with Crippen LogP contribution in [0.4, 0.5) is 4.79 Å². The molecule has 1 fully saturated rings. The molecule has 130 valence electrons. The molecule has 2 aromatic rings. The molecular formula is C18H16BrClN2O2S. The van der Waals surface area contributed by atoms with Crippen LogP contribution in [0, 0.1) is 0 Å². The van der Waals surface area contributed by atoms with Gasteiger partial charge in [-0.15, -0.1) is 11.8 Å². The summed E-state index contributed by atoms with van der Waals surface area (Å²) in [4.78, 5) is 27.5. The van der Waals surface area contributed by atoms with Crippen LogP contribution in [0.5, 0.6) is 0 Å². The lowest BCUT2D eigenvalue weighted by molar-refractivity contribution is -0.130. The van der Waals surface area contributed by atoms with Gasteiger partial charge in [0.15, 0.2) is 0 Å². The Hall–Kier alpha value is -1.50. The van der Waals surface area contributed by atoms with Gasteiger partial charge in [-0.2, -0.15) is 0 Å². The average molecular weight is 440 g/mol. The minimum atomic E-state index is -1.04. The second kappa shape index (κ2) is 7.40. The molecule has 3 amide bonds. The first-order chi connectivity index (χ1) is 11.9. The molecule has 25 heavy (non-hydrogen) atoms. The molecule has 0 aromatic heterocycles. The molecule has 2 aromatic carbocycles. The second-order valence-electron chi connectivity index (χ2n) is 5.82. The molecule has 7 heteroatoms. The number of nitrogens with one attached hydrogen (secondary N) is 1. The molecule has 0 aliphatic carbocycles. The molecule has 1 heterocycles. The van der Waals surface area contributed by atoms with E-state index in [4.69, 9.17) is 11.6 Å². The van der Waals surface area contributed by atoms with Crippen molar-refractivity contribution in [2.45, 2.75) is 17.4 Å². The van der Waals surface area contributed by atoms with Crippen LogP contribution in [-0.2, 0) is 10.3 Å². The number of hydrogen-bond donors (Lipinski definition) is 1. The van der Waals surface area contributed by atoms with Gasteiger partial charge in [-0.3, -0.25) is 9.69 Å². The number of rotatable bonds is 5. The highest BCUT2D eigenvalue weighted by Crippen LogP contribution is 2.31. The van der Waals surface area contributed by atoms with Crippen LogP contribution in [0.3, 0.4) is 0 Å². The van der Waals surface area contributed by atoms with Crippen molar-refractivity contribution in [3.8, 4) is 0 Å². The van der Waals surface area contributed by atoms with Crippen LogP contribution >= 0.6 is 39.3 Å². The Morgan fingerprint density at radius 1 is 1.20 bits per heavy atom. The van der Waals surface area contributed by atoms with Crippen LogP contribution in [0.2, 0.25) is 5.02 Å². The zero-order valence-electron chi connectivity index (χ0n) is 13.5. The van der Waals surface area contributed by atoms with E-state index in [1.165, 1.54) is 4.90 Å². The number of imide groups is 1. The van der Waals surface area contributed by atoms with Crippen LogP contribution in [-0.4, -0.2) is 29.1 Å². The van der Waals surface area contributed by atoms with Crippen molar-refractivity contribution in [2.75, 3.05) is 12.3 Å². The van der Waals surface area contributed by atoms with Crippen molar-refractivity contribution in [2.24, 2.45) is 0 Å². The molecular weight excluding hydrogens is 424 g/mol. The summed E-state index contributed by atoms with van der Waals surface area (Å²) in [6.07, 6.45) is 0. The van der Waals surface area contributed by atoms with Crippen molar-refractivity contribution < 1.29 is 9.59 Å². The summed E-state index contributed by atoms with van der Waals surface area (Å²) >= 11 is 10.9. The summed E-state index contributed by atoms with van der Waals surface area (Å²) in [6, 6.07) is 14.6. The van der Waals surface area contributed by atoms with Crippen LogP contribution in [0.25, 0.3) is 0 Å². The van der Waals surface area contributed by atoms with Crippen molar-refractivity contribution in [3.05, 3.63) is 63.6 Å². The lowest BCUT2D eigenvalue weighted by atomic mass is 9.92. The topological polar surface area (TPSA) is 49.4 Å². The lowest BCUT2D eigenvalue weighted by Crippen LogP contribution is -2.41. The molecule has 1 N–H and O–H groups in total. The summed E-state index contributed by atoms with van der Waals surface area (Å²) in [5, 5.41) is 3.50. The number of nitrogens with zero attached hydrogens (tertiary/aromatic N) is 1. The maximum Gasteiger partial charge on any atom is 0.325 e. The largest absolute Gasteiger partial charge is 0.325 e. The Bertz CT molecular complexity index is 815. The fourth-order valence-corrected chi connectivity index (χ4v) is 4.04. The molecule has 0 unspecified atom stereocenters. The first-order valence-electron chi connectivity index (χ1n) is 7.69. The highest BCUT2D eigenvalue weighted by Gasteiger charge is 2.48. The summed E-state index contributed by atoms with van der Waals surface area (Å²) in [6.45, 7) is 2.09. The highest BCUT2D eigenvalue weighted by atomic mass is 79.9. The van der Waals surface area contributed by atoms with E-state index in [-0.39, 0.29) is 11.9 Å². The zero-order valence-corrected chi connectivity index (χ0v) is 16.6. The van der Waals surface area contributed by atoms with Crippen LogP contribution < -0.4 is 5.32 Å². The predicted molar refractivity (Wildman–Crippen MR) is 104 cm³/mol. The van der Waals surface area contributed by atoms with Crippen LogP contribution in [0.1, 0.15) is 12.5 Å². The second-order valence-corrected chi connectivity index (χ2v) is 8.35. The standard InChI is InChI=1S/C18H16BrClN2O2S/c1-18(12-3-2-4-13(19)11-12)16(23)22(17(24)21-18)9-10-25-15-7-5-14(20)6-8-15/h2-8,11H,9-10H2,1H3,(H,21,24)/t18-/m0/s1. The van der Waals surface area contributed by atoms with Gasteiger partial charge in [-0.25, -0.2) is 4.79 Å². The molecule has 1 saturated heterocycles.